The molecular formula is C33H40N4O4. The predicted octanol–water partition coefficient (Wildman–Crippen LogP) is 4.34. The Morgan fingerprint density at radius 3 is 2.27 bits per heavy atom. The van der Waals surface area contributed by atoms with Crippen LogP contribution in [-0.2, 0) is 14.3 Å². The standard InChI is InChI=1S/C33H40N4O4/c38-30(35-21-16-27(17-22-35)34-19-8-3-9-20-34)18-23-36-28(15-14-25-10-4-1-5-11-25)31(32(36)39)37-29(24-41-33(37)40)26-12-6-2-7-13-26/h1-2,4-7,10-15,27-29,31H,3,8-9,16-24H2/b15-14+/t28-,29-,31+/m1/s1. The number of likely N-dealkylation sites (tertiary alicyclic amines) is 3. The highest BCUT2D eigenvalue weighted by atomic mass is 16.6. The quantitative estimate of drug-likeness (QED) is 0.453. The summed E-state index contributed by atoms with van der Waals surface area (Å²) in [6.07, 6.45) is 9.74. The third-order valence-electron chi connectivity index (χ3n) is 9.19. The van der Waals surface area contributed by atoms with Crippen molar-refractivity contribution in [1.82, 2.24) is 19.6 Å². The Morgan fingerprint density at radius 1 is 0.878 bits per heavy atom. The van der Waals surface area contributed by atoms with Crippen molar-refractivity contribution >= 4 is 24.0 Å². The second-order valence-corrected chi connectivity index (χ2v) is 11.6. The highest BCUT2D eigenvalue weighted by molar-refractivity contribution is 5.94. The molecule has 0 radical (unpaired) electrons. The molecule has 0 saturated carbocycles. The Balaban J connectivity index is 1.12. The van der Waals surface area contributed by atoms with Crippen LogP contribution in [0.1, 0.15) is 55.7 Å². The maximum Gasteiger partial charge on any atom is 0.411 e. The van der Waals surface area contributed by atoms with Gasteiger partial charge in [0.1, 0.15) is 12.6 Å². The average Bonchev–Trinajstić information content (AvgIpc) is 3.40. The van der Waals surface area contributed by atoms with Crippen LogP contribution in [0.15, 0.2) is 66.7 Å². The SMILES string of the molecule is O=C(CCN1C(=O)[C@@H](N2C(=O)OC[C@@H]2c2ccccc2)[C@H]1/C=C/c1ccccc1)N1CCC(N2CCCCC2)CC1. The molecule has 2 aromatic carbocycles. The third kappa shape index (κ3) is 5.89. The number of rotatable bonds is 8. The zero-order valence-electron chi connectivity index (χ0n) is 23.6. The summed E-state index contributed by atoms with van der Waals surface area (Å²) in [7, 11) is 0. The van der Waals surface area contributed by atoms with E-state index in [9.17, 15) is 14.4 Å². The Kier molecular flexibility index (Phi) is 8.37. The van der Waals surface area contributed by atoms with Gasteiger partial charge in [-0.25, -0.2) is 4.79 Å². The number of β-lactam (4-membered cyclic amide) rings is 1. The van der Waals surface area contributed by atoms with E-state index < -0.39 is 12.1 Å². The van der Waals surface area contributed by atoms with Gasteiger partial charge in [0.25, 0.3) is 0 Å². The van der Waals surface area contributed by atoms with Crippen LogP contribution in [0.2, 0.25) is 0 Å². The van der Waals surface area contributed by atoms with Crippen molar-refractivity contribution in [2.75, 3.05) is 39.3 Å². The molecule has 0 N–H and O–H groups in total. The monoisotopic (exact) mass is 556 g/mol. The van der Waals surface area contributed by atoms with E-state index in [0.717, 1.165) is 37.1 Å². The number of hydrogen-bond acceptors (Lipinski definition) is 5. The molecule has 2 aromatic rings. The highest BCUT2D eigenvalue weighted by Crippen LogP contribution is 2.37. The molecule has 0 bridgehead atoms. The molecule has 8 heteroatoms. The van der Waals surface area contributed by atoms with Gasteiger partial charge in [0, 0.05) is 32.1 Å². The number of nitrogens with zero attached hydrogens (tertiary/aromatic N) is 4. The van der Waals surface area contributed by atoms with E-state index in [1.807, 2.05) is 77.7 Å². The van der Waals surface area contributed by atoms with Gasteiger partial charge in [-0.3, -0.25) is 14.5 Å². The fourth-order valence-electron chi connectivity index (χ4n) is 6.89. The molecule has 4 heterocycles. The summed E-state index contributed by atoms with van der Waals surface area (Å²) in [6.45, 7) is 4.49. The van der Waals surface area contributed by atoms with Crippen molar-refractivity contribution in [3.63, 3.8) is 0 Å². The molecule has 4 aliphatic heterocycles. The fraction of sp³-hybridized carbons (Fsp3) is 0.485. The summed E-state index contributed by atoms with van der Waals surface area (Å²) in [5, 5.41) is 0. The lowest BCUT2D eigenvalue weighted by Gasteiger charge is -2.50. The molecule has 6 rings (SSSR count). The Bertz CT molecular complexity index is 1240. The first-order chi connectivity index (χ1) is 20.1. The van der Waals surface area contributed by atoms with Gasteiger partial charge in [-0.05, 0) is 49.9 Å². The minimum absolute atomic E-state index is 0.104. The highest BCUT2D eigenvalue weighted by Gasteiger charge is 2.55. The van der Waals surface area contributed by atoms with E-state index in [1.165, 1.54) is 32.4 Å². The van der Waals surface area contributed by atoms with Gasteiger partial charge in [-0.15, -0.1) is 0 Å². The summed E-state index contributed by atoms with van der Waals surface area (Å²) in [5.74, 6) is -0.0315. The average molecular weight is 557 g/mol. The number of amides is 3. The van der Waals surface area contributed by atoms with E-state index in [4.69, 9.17) is 4.74 Å². The molecule has 41 heavy (non-hydrogen) atoms. The van der Waals surface area contributed by atoms with Crippen LogP contribution in [-0.4, -0.2) is 95.0 Å². The van der Waals surface area contributed by atoms with Gasteiger partial charge in [-0.1, -0.05) is 79.2 Å². The number of hydrogen-bond donors (Lipinski definition) is 0. The van der Waals surface area contributed by atoms with Crippen molar-refractivity contribution in [3.8, 4) is 0 Å². The Labute approximate surface area is 242 Å². The summed E-state index contributed by atoms with van der Waals surface area (Å²) >= 11 is 0. The first-order valence-corrected chi connectivity index (χ1v) is 15.2. The van der Waals surface area contributed by atoms with Gasteiger partial charge in [0.2, 0.25) is 11.8 Å². The minimum atomic E-state index is -0.662. The van der Waals surface area contributed by atoms with E-state index in [0.29, 0.717) is 12.6 Å². The van der Waals surface area contributed by atoms with Crippen LogP contribution in [0, 0.1) is 0 Å². The van der Waals surface area contributed by atoms with Crippen LogP contribution in [0.4, 0.5) is 4.79 Å². The lowest BCUT2D eigenvalue weighted by atomic mass is 9.90. The van der Waals surface area contributed by atoms with Gasteiger partial charge in [0.05, 0.1) is 12.1 Å². The van der Waals surface area contributed by atoms with E-state index in [1.54, 1.807) is 9.80 Å². The lowest BCUT2D eigenvalue weighted by Crippen LogP contribution is -2.70. The molecule has 8 nitrogen and oxygen atoms in total. The summed E-state index contributed by atoms with van der Waals surface area (Å²) in [5.41, 5.74) is 1.96. The predicted molar refractivity (Wildman–Crippen MR) is 157 cm³/mol. The molecule has 216 valence electrons. The zero-order chi connectivity index (χ0) is 28.2. The van der Waals surface area contributed by atoms with Crippen molar-refractivity contribution in [1.29, 1.82) is 0 Å². The molecule has 3 atom stereocenters. The smallest absolute Gasteiger partial charge is 0.411 e. The number of piperidine rings is 2. The van der Waals surface area contributed by atoms with E-state index in [2.05, 4.69) is 4.90 Å². The van der Waals surface area contributed by atoms with Crippen LogP contribution < -0.4 is 0 Å². The lowest BCUT2D eigenvalue weighted by molar-refractivity contribution is -0.155. The summed E-state index contributed by atoms with van der Waals surface area (Å²) in [4.78, 5) is 47.7. The first-order valence-electron chi connectivity index (χ1n) is 15.2. The van der Waals surface area contributed by atoms with Crippen LogP contribution in [0.5, 0.6) is 0 Å². The second kappa shape index (κ2) is 12.5. The Morgan fingerprint density at radius 2 is 1.56 bits per heavy atom. The molecule has 3 amide bonds. The molecule has 4 saturated heterocycles. The summed E-state index contributed by atoms with van der Waals surface area (Å²) < 4.78 is 5.44. The number of cyclic esters (lactones) is 1. The van der Waals surface area contributed by atoms with Crippen LogP contribution >= 0.6 is 0 Å². The van der Waals surface area contributed by atoms with Gasteiger partial charge in [0.15, 0.2) is 0 Å². The molecule has 0 aliphatic carbocycles. The van der Waals surface area contributed by atoms with Gasteiger partial charge < -0.3 is 19.4 Å². The van der Waals surface area contributed by atoms with E-state index in [-0.39, 0.29) is 36.9 Å². The normalized spacial score (nSPS) is 26.0. The van der Waals surface area contributed by atoms with Crippen molar-refractivity contribution in [3.05, 3.63) is 77.9 Å². The molecular weight excluding hydrogens is 516 g/mol. The largest absolute Gasteiger partial charge is 0.447 e. The molecule has 4 fully saturated rings. The number of carbonyl (C=O) groups excluding carboxylic acids is 3. The Hall–Kier alpha value is -3.65. The second-order valence-electron chi connectivity index (χ2n) is 11.6. The minimum Gasteiger partial charge on any atom is -0.447 e. The van der Waals surface area contributed by atoms with E-state index >= 15 is 0 Å². The third-order valence-corrected chi connectivity index (χ3v) is 9.19. The molecule has 0 spiro atoms. The maximum absolute atomic E-state index is 13.6. The zero-order valence-corrected chi connectivity index (χ0v) is 23.6. The van der Waals surface area contributed by atoms with Gasteiger partial charge in [-0.2, -0.15) is 0 Å². The molecule has 0 unspecified atom stereocenters. The maximum atomic E-state index is 13.6. The number of benzene rings is 2. The van der Waals surface area contributed by atoms with Crippen molar-refractivity contribution in [2.45, 2.75) is 62.7 Å². The van der Waals surface area contributed by atoms with Gasteiger partial charge >= 0.3 is 6.09 Å². The number of ether oxygens (including phenoxy) is 1. The first kappa shape index (κ1) is 27.5. The molecule has 4 aliphatic rings. The van der Waals surface area contributed by atoms with Crippen LogP contribution in [0.25, 0.3) is 6.08 Å². The van der Waals surface area contributed by atoms with Crippen LogP contribution in [0.3, 0.4) is 0 Å². The van der Waals surface area contributed by atoms with Crippen molar-refractivity contribution in [2.24, 2.45) is 0 Å². The van der Waals surface area contributed by atoms with Crippen molar-refractivity contribution < 1.29 is 19.1 Å². The number of carbonyl (C=O) groups is 3. The summed E-state index contributed by atoms with van der Waals surface area (Å²) in [6, 6.07) is 18.9. The molecule has 0 aromatic heterocycles. The fourth-order valence-corrected chi connectivity index (χ4v) is 6.89. The topological polar surface area (TPSA) is 73.4 Å².